The zero-order valence-electron chi connectivity index (χ0n) is 11.8. The van der Waals surface area contributed by atoms with Crippen LogP contribution in [0, 0.1) is 11.6 Å². The van der Waals surface area contributed by atoms with E-state index >= 15 is 0 Å². The Morgan fingerprint density at radius 2 is 2.00 bits per heavy atom. The summed E-state index contributed by atoms with van der Waals surface area (Å²) >= 11 is 0. The molecule has 116 valence electrons. The summed E-state index contributed by atoms with van der Waals surface area (Å²) in [4.78, 5) is 4.22. The van der Waals surface area contributed by atoms with Gasteiger partial charge in [-0.25, -0.2) is 13.8 Å². The summed E-state index contributed by atoms with van der Waals surface area (Å²) in [5.74, 6) is -1.24. The number of rotatable bonds is 2. The van der Waals surface area contributed by atoms with Crippen molar-refractivity contribution in [3.8, 4) is 11.1 Å². The van der Waals surface area contributed by atoms with Crippen molar-refractivity contribution >= 4 is 5.82 Å². The van der Waals surface area contributed by atoms with E-state index in [9.17, 15) is 8.78 Å². The maximum atomic E-state index is 14.1. The molecule has 0 amide bonds. The molecule has 0 aliphatic carbocycles. The van der Waals surface area contributed by atoms with Crippen LogP contribution in [0.1, 0.15) is 17.2 Å². The summed E-state index contributed by atoms with van der Waals surface area (Å²) in [6.45, 7) is 0. The Morgan fingerprint density at radius 3 is 2.87 bits per heavy atom. The van der Waals surface area contributed by atoms with Gasteiger partial charge in [0.2, 0.25) is 0 Å². The monoisotopic (exact) mass is 314 g/mol. The van der Waals surface area contributed by atoms with E-state index in [0.29, 0.717) is 17.1 Å². The molecule has 23 heavy (non-hydrogen) atoms. The normalized spacial score (nSPS) is 19.4. The van der Waals surface area contributed by atoms with Crippen LogP contribution in [0.4, 0.5) is 14.6 Å². The molecule has 1 aromatic carbocycles. The lowest BCUT2D eigenvalue weighted by Crippen LogP contribution is -2.31. The second kappa shape index (κ2) is 5.13. The van der Waals surface area contributed by atoms with Gasteiger partial charge in [-0.2, -0.15) is 0 Å². The van der Waals surface area contributed by atoms with Gasteiger partial charge in [0.1, 0.15) is 5.82 Å². The van der Waals surface area contributed by atoms with Crippen LogP contribution in [0.5, 0.6) is 0 Å². The average Bonchev–Trinajstić information content (AvgIpc) is 3.13. The zero-order chi connectivity index (χ0) is 16.0. The molecule has 2 atom stereocenters. The second-order valence-electron chi connectivity index (χ2n) is 5.29. The maximum Gasteiger partial charge on any atom is 0.166 e. The van der Waals surface area contributed by atoms with Gasteiger partial charge in [-0.05, 0) is 12.1 Å². The van der Waals surface area contributed by atoms with E-state index in [1.165, 1.54) is 18.3 Å². The largest absolute Gasteiger partial charge is 0.360 e. The minimum absolute atomic E-state index is 0.0887. The topological polar surface area (TPSA) is 77.0 Å². The molecular formula is C16H12F2N4O. The third-order valence-electron chi connectivity index (χ3n) is 3.96. The smallest absolute Gasteiger partial charge is 0.166 e. The molecule has 3 heterocycles. The molecule has 3 N–H and O–H groups in total. The summed E-state index contributed by atoms with van der Waals surface area (Å²) in [5, 5.41) is 6.80. The number of nitrogens with two attached hydrogens (primary N) is 1. The van der Waals surface area contributed by atoms with Crippen molar-refractivity contribution in [1.82, 2.24) is 10.1 Å². The molecule has 0 spiro atoms. The van der Waals surface area contributed by atoms with Crippen molar-refractivity contribution in [2.75, 3.05) is 5.32 Å². The van der Waals surface area contributed by atoms with Crippen molar-refractivity contribution in [3.63, 3.8) is 0 Å². The molecule has 5 nitrogen and oxygen atoms in total. The van der Waals surface area contributed by atoms with E-state index in [-0.39, 0.29) is 11.5 Å². The highest BCUT2D eigenvalue weighted by Crippen LogP contribution is 2.41. The summed E-state index contributed by atoms with van der Waals surface area (Å²) < 4.78 is 33.0. The van der Waals surface area contributed by atoms with Crippen LogP contribution in [0.25, 0.3) is 11.1 Å². The molecule has 2 unspecified atom stereocenters. The first-order valence-corrected chi connectivity index (χ1v) is 7.03. The van der Waals surface area contributed by atoms with Gasteiger partial charge >= 0.3 is 0 Å². The molecule has 1 aliphatic heterocycles. The standard InChI is InChI=1S/C16H12F2N4O/c17-11-5-1-3-8(13(11)18)10-7-21-23-14(10)12-9-4-2-6-20-16(9)22-15(12)19/h1-7,12,15H,19H2,(H,20,22). The van der Waals surface area contributed by atoms with Gasteiger partial charge in [-0.3, -0.25) is 0 Å². The van der Waals surface area contributed by atoms with Crippen LogP contribution in [0.15, 0.2) is 47.2 Å². The third kappa shape index (κ3) is 2.08. The fourth-order valence-corrected chi connectivity index (χ4v) is 2.92. The Morgan fingerprint density at radius 1 is 1.13 bits per heavy atom. The minimum Gasteiger partial charge on any atom is -0.360 e. The van der Waals surface area contributed by atoms with E-state index < -0.39 is 17.8 Å². The van der Waals surface area contributed by atoms with Crippen LogP contribution < -0.4 is 11.1 Å². The molecule has 3 aromatic rings. The second-order valence-corrected chi connectivity index (χ2v) is 5.29. The summed E-state index contributed by atoms with van der Waals surface area (Å²) in [5.41, 5.74) is 7.42. The highest BCUT2D eigenvalue weighted by Gasteiger charge is 2.36. The number of hydrogen-bond donors (Lipinski definition) is 2. The Kier molecular flexibility index (Phi) is 3.09. The van der Waals surface area contributed by atoms with Crippen LogP contribution in [0.2, 0.25) is 0 Å². The van der Waals surface area contributed by atoms with E-state index in [1.807, 2.05) is 6.07 Å². The van der Waals surface area contributed by atoms with Gasteiger partial charge in [0, 0.05) is 22.9 Å². The first-order chi connectivity index (χ1) is 11.2. The van der Waals surface area contributed by atoms with Gasteiger partial charge in [-0.1, -0.05) is 23.4 Å². The third-order valence-corrected chi connectivity index (χ3v) is 3.96. The number of hydrogen-bond acceptors (Lipinski definition) is 5. The molecule has 4 rings (SSSR count). The summed E-state index contributed by atoms with van der Waals surface area (Å²) in [6.07, 6.45) is 2.52. The fraction of sp³-hybridized carbons (Fsp3) is 0.125. The molecular weight excluding hydrogens is 302 g/mol. The molecule has 2 aromatic heterocycles. The van der Waals surface area contributed by atoms with Crippen LogP contribution >= 0.6 is 0 Å². The molecule has 1 aliphatic rings. The lowest BCUT2D eigenvalue weighted by atomic mass is 9.92. The van der Waals surface area contributed by atoms with Gasteiger partial charge in [0.15, 0.2) is 17.4 Å². The fourth-order valence-electron chi connectivity index (χ4n) is 2.92. The van der Waals surface area contributed by atoms with E-state index in [4.69, 9.17) is 10.3 Å². The highest BCUT2D eigenvalue weighted by molar-refractivity contribution is 5.69. The lowest BCUT2D eigenvalue weighted by molar-refractivity contribution is 0.366. The molecule has 0 saturated carbocycles. The maximum absolute atomic E-state index is 14.1. The van der Waals surface area contributed by atoms with Gasteiger partial charge < -0.3 is 15.6 Å². The summed E-state index contributed by atoms with van der Waals surface area (Å²) in [7, 11) is 0. The number of benzene rings is 1. The Hall–Kier alpha value is -2.80. The first-order valence-electron chi connectivity index (χ1n) is 7.03. The van der Waals surface area contributed by atoms with E-state index in [2.05, 4.69) is 15.5 Å². The van der Waals surface area contributed by atoms with Gasteiger partial charge in [-0.15, -0.1) is 0 Å². The van der Waals surface area contributed by atoms with Crippen LogP contribution in [-0.2, 0) is 0 Å². The van der Waals surface area contributed by atoms with Crippen molar-refractivity contribution in [3.05, 3.63) is 65.7 Å². The van der Waals surface area contributed by atoms with E-state index in [1.54, 1.807) is 12.3 Å². The van der Waals surface area contributed by atoms with E-state index in [0.717, 1.165) is 11.6 Å². The van der Waals surface area contributed by atoms with Crippen LogP contribution in [0.3, 0.4) is 0 Å². The predicted molar refractivity (Wildman–Crippen MR) is 79.5 cm³/mol. The first kappa shape index (κ1) is 13.8. The Bertz CT molecular complexity index is 880. The molecule has 0 radical (unpaired) electrons. The number of aromatic nitrogens is 2. The number of halogens is 2. The Balaban J connectivity index is 1.87. The molecule has 0 fully saturated rings. The SMILES string of the molecule is NC1Nc2ncccc2C1c1oncc1-c1cccc(F)c1F. The van der Waals surface area contributed by atoms with Gasteiger partial charge in [0.25, 0.3) is 0 Å². The van der Waals surface area contributed by atoms with Crippen molar-refractivity contribution in [1.29, 1.82) is 0 Å². The van der Waals surface area contributed by atoms with Gasteiger partial charge in [0.05, 0.1) is 18.3 Å². The average molecular weight is 314 g/mol. The lowest BCUT2D eigenvalue weighted by Gasteiger charge is -2.14. The van der Waals surface area contributed by atoms with Crippen molar-refractivity contribution in [2.24, 2.45) is 5.73 Å². The number of pyridine rings is 1. The van der Waals surface area contributed by atoms with Crippen molar-refractivity contribution < 1.29 is 13.3 Å². The van der Waals surface area contributed by atoms with Crippen molar-refractivity contribution in [2.45, 2.75) is 12.1 Å². The summed E-state index contributed by atoms with van der Waals surface area (Å²) in [6, 6.07) is 7.62. The van der Waals surface area contributed by atoms with Crippen LogP contribution in [-0.4, -0.2) is 16.3 Å². The minimum atomic E-state index is -0.942. The number of nitrogens with one attached hydrogen (secondary N) is 1. The zero-order valence-corrected chi connectivity index (χ0v) is 11.8. The molecule has 0 saturated heterocycles. The highest BCUT2D eigenvalue weighted by atomic mass is 19.2. The number of fused-ring (bicyclic) bond motifs is 1. The number of anilines is 1. The molecule has 7 heteroatoms. The number of nitrogens with zero attached hydrogens (tertiary/aromatic N) is 2. The predicted octanol–water partition coefficient (Wildman–Crippen LogP) is 2.86. The molecule has 0 bridgehead atoms. The Labute approximate surface area is 130 Å². The quantitative estimate of drug-likeness (QED) is 0.760.